The lowest BCUT2D eigenvalue weighted by Gasteiger charge is -2.21. The van der Waals surface area contributed by atoms with Crippen molar-refractivity contribution in [2.24, 2.45) is 7.05 Å². The van der Waals surface area contributed by atoms with E-state index in [-0.39, 0.29) is 54.2 Å². The summed E-state index contributed by atoms with van der Waals surface area (Å²) in [7, 11) is 1.73. The Morgan fingerprint density at radius 3 is 2.57 bits per heavy atom. The number of benzene rings is 2. The van der Waals surface area contributed by atoms with Crippen molar-refractivity contribution < 1.29 is 37.0 Å². The number of fused-ring (bicyclic) bond motifs is 1. The first kappa shape index (κ1) is 30.8. The number of amides is 2. The second-order valence-electron chi connectivity index (χ2n) is 12.2. The van der Waals surface area contributed by atoms with Crippen molar-refractivity contribution in [1.82, 2.24) is 24.6 Å². The highest BCUT2D eigenvalue weighted by Gasteiger charge is 2.41. The molecule has 2 fully saturated rings. The van der Waals surface area contributed by atoms with Crippen molar-refractivity contribution in [3.05, 3.63) is 82.6 Å². The van der Waals surface area contributed by atoms with Gasteiger partial charge in [-0.15, -0.1) is 10.2 Å². The van der Waals surface area contributed by atoms with Crippen molar-refractivity contribution in [1.29, 1.82) is 0 Å². The Hall–Kier alpha value is -4.85. The summed E-state index contributed by atoms with van der Waals surface area (Å²) in [5.74, 6) is -0.350. The van der Waals surface area contributed by atoms with Gasteiger partial charge in [0.15, 0.2) is 5.82 Å². The first-order valence-electron chi connectivity index (χ1n) is 15.3. The molecule has 0 bridgehead atoms. The van der Waals surface area contributed by atoms with Crippen LogP contribution in [0.5, 0.6) is 0 Å². The minimum atomic E-state index is -4.74. The Labute approximate surface area is 266 Å². The molecular formula is C33H30F4N6O4. The lowest BCUT2D eigenvalue weighted by molar-refractivity contribution is -0.138. The number of hydrogen-bond acceptors (Lipinski definition) is 6. The number of carboxylic acid groups (broad SMARTS) is 1. The number of aromatic nitrogens is 4. The van der Waals surface area contributed by atoms with Gasteiger partial charge in [-0.05, 0) is 84.3 Å². The van der Waals surface area contributed by atoms with Crippen LogP contribution in [0, 0.1) is 5.82 Å². The van der Waals surface area contributed by atoms with E-state index >= 15 is 0 Å². The molecule has 1 N–H and O–H groups in total. The van der Waals surface area contributed by atoms with E-state index in [2.05, 4.69) is 10.2 Å². The number of carbonyl (C=O) groups is 2. The largest absolute Gasteiger partial charge is 0.465 e. The molecule has 3 aliphatic rings. The summed E-state index contributed by atoms with van der Waals surface area (Å²) in [4.78, 5) is 32.5. The Morgan fingerprint density at radius 1 is 1.06 bits per heavy atom. The lowest BCUT2D eigenvalue weighted by Crippen LogP contribution is -2.37. The predicted molar refractivity (Wildman–Crippen MR) is 161 cm³/mol. The van der Waals surface area contributed by atoms with Crippen molar-refractivity contribution in [3.63, 3.8) is 0 Å². The van der Waals surface area contributed by atoms with Crippen molar-refractivity contribution in [2.75, 3.05) is 18.1 Å². The molecule has 10 nitrogen and oxygen atoms in total. The van der Waals surface area contributed by atoms with Gasteiger partial charge in [-0.3, -0.25) is 9.69 Å². The van der Waals surface area contributed by atoms with Gasteiger partial charge < -0.3 is 19.3 Å². The molecule has 7 rings (SSSR count). The van der Waals surface area contributed by atoms with Gasteiger partial charge in [0.05, 0.1) is 31.4 Å². The highest BCUT2D eigenvalue weighted by molar-refractivity contribution is 6.10. The van der Waals surface area contributed by atoms with Gasteiger partial charge in [0.2, 0.25) is 0 Å². The number of rotatable bonds is 8. The number of carbonyl (C=O) groups excluding carboxylic acids is 1. The SMILES string of the molecule is Cn1cnnc1-c1cc(F)ccc1-c1cc(C2CC2)nc(N2Cc3c(cc(COCC4CCCN4C(=O)O)cc3C(F)(F)F)C2=O)c1. The fraction of sp³-hybridized carbons (Fsp3) is 0.364. The van der Waals surface area contributed by atoms with E-state index in [0.29, 0.717) is 47.6 Å². The van der Waals surface area contributed by atoms with E-state index in [1.165, 1.54) is 34.3 Å². The third-order valence-electron chi connectivity index (χ3n) is 8.96. The molecule has 0 spiro atoms. The number of hydrogen-bond donors (Lipinski definition) is 1. The van der Waals surface area contributed by atoms with Crippen LogP contribution in [0.4, 0.5) is 28.2 Å². The van der Waals surface area contributed by atoms with Crippen LogP contribution in [0.25, 0.3) is 22.5 Å². The molecule has 0 radical (unpaired) electrons. The first-order valence-corrected chi connectivity index (χ1v) is 15.3. The van der Waals surface area contributed by atoms with Gasteiger partial charge in [-0.1, -0.05) is 6.07 Å². The fourth-order valence-corrected chi connectivity index (χ4v) is 6.46. The number of aryl methyl sites for hydroxylation is 1. The van der Waals surface area contributed by atoms with Gasteiger partial charge in [0, 0.05) is 36.3 Å². The van der Waals surface area contributed by atoms with Crippen LogP contribution in [-0.4, -0.2) is 60.9 Å². The predicted octanol–water partition coefficient (Wildman–Crippen LogP) is 6.40. The smallest absolute Gasteiger partial charge is 0.416 e. The number of ether oxygens (including phenoxy) is 1. The van der Waals surface area contributed by atoms with Gasteiger partial charge in [0.1, 0.15) is 18.0 Å². The third-order valence-corrected chi connectivity index (χ3v) is 8.96. The zero-order valence-corrected chi connectivity index (χ0v) is 25.3. The lowest BCUT2D eigenvalue weighted by atomic mass is 9.98. The molecule has 14 heteroatoms. The average Bonchev–Trinajstić information content (AvgIpc) is 3.47. The highest BCUT2D eigenvalue weighted by atomic mass is 19.4. The van der Waals surface area contributed by atoms with Gasteiger partial charge in [-0.2, -0.15) is 13.2 Å². The summed E-state index contributed by atoms with van der Waals surface area (Å²) in [5, 5.41) is 17.4. The zero-order chi connectivity index (χ0) is 33.0. The molecule has 1 atom stereocenters. The second kappa shape index (κ2) is 11.7. The van der Waals surface area contributed by atoms with Crippen LogP contribution >= 0.6 is 0 Å². The molecule has 2 aromatic heterocycles. The van der Waals surface area contributed by atoms with Gasteiger partial charge >= 0.3 is 12.3 Å². The van der Waals surface area contributed by atoms with Crippen LogP contribution in [0.3, 0.4) is 0 Å². The standard InChI is InChI=1S/C33H30F4N6O4/c1-41-17-38-40-30(41)24-13-21(34)6-7-23(24)20-11-28(19-4-5-19)39-29(12-20)43-14-26-25(31(43)44)9-18(10-27(26)33(35,36)37)15-47-16-22-3-2-8-42(22)32(45)46/h6-7,9-13,17,19,22H,2-5,8,14-16H2,1H3,(H,45,46). The van der Waals surface area contributed by atoms with Crippen LogP contribution in [0.1, 0.15) is 64.3 Å². The topological polar surface area (TPSA) is 114 Å². The maximum Gasteiger partial charge on any atom is 0.416 e. The van der Waals surface area contributed by atoms with E-state index < -0.39 is 29.6 Å². The molecule has 2 aliphatic heterocycles. The van der Waals surface area contributed by atoms with E-state index in [4.69, 9.17) is 9.72 Å². The summed E-state index contributed by atoms with van der Waals surface area (Å²) < 4.78 is 65.0. The third kappa shape index (κ3) is 5.93. The molecular weight excluding hydrogens is 620 g/mol. The monoisotopic (exact) mass is 650 g/mol. The van der Waals surface area contributed by atoms with E-state index in [9.17, 15) is 32.3 Å². The summed E-state index contributed by atoms with van der Waals surface area (Å²) in [6, 6.07) is 9.79. The van der Waals surface area contributed by atoms with Crippen LogP contribution in [-0.2, 0) is 31.1 Å². The molecule has 4 heterocycles. The van der Waals surface area contributed by atoms with Crippen LogP contribution in [0.15, 0.2) is 48.8 Å². The van der Waals surface area contributed by atoms with Crippen molar-refractivity contribution in [3.8, 4) is 22.5 Å². The molecule has 1 aliphatic carbocycles. The Balaban J connectivity index is 1.22. The fourth-order valence-electron chi connectivity index (χ4n) is 6.46. The minimum Gasteiger partial charge on any atom is -0.465 e. The number of anilines is 1. The number of alkyl halides is 3. The summed E-state index contributed by atoms with van der Waals surface area (Å²) in [5.41, 5.74) is 1.37. The molecule has 4 aromatic rings. The number of pyridine rings is 1. The molecule has 1 saturated carbocycles. The molecule has 244 valence electrons. The zero-order valence-electron chi connectivity index (χ0n) is 25.3. The summed E-state index contributed by atoms with van der Waals surface area (Å²) in [6.07, 6.45) is -1.26. The molecule has 47 heavy (non-hydrogen) atoms. The normalized spacial score (nSPS) is 17.9. The second-order valence-corrected chi connectivity index (χ2v) is 12.2. The highest BCUT2D eigenvalue weighted by Crippen LogP contribution is 2.44. The van der Waals surface area contributed by atoms with Crippen LogP contribution < -0.4 is 4.90 Å². The number of likely N-dealkylation sites (tertiary alicyclic amines) is 1. The number of nitrogens with zero attached hydrogens (tertiary/aromatic N) is 6. The average molecular weight is 651 g/mol. The van der Waals surface area contributed by atoms with E-state index in [0.717, 1.165) is 18.9 Å². The van der Waals surface area contributed by atoms with E-state index in [1.807, 2.05) is 6.07 Å². The molecule has 2 amide bonds. The molecule has 2 aromatic carbocycles. The quantitative estimate of drug-likeness (QED) is 0.220. The number of halogens is 4. The summed E-state index contributed by atoms with van der Waals surface area (Å²) >= 11 is 0. The molecule has 1 unspecified atom stereocenters. The van der Waals surface area contributed by atoms with Crippen molar-refractivity contribution in [2.45, 2.75) is 57.0 Å². The molecule has 1 saturated heterocycles. The maximum atomic E-state index is 14.5. The van der Waals surface area contributed by atoms with Crippen molar-refractivity contribution >= 4 is 17.8 Å². The van der Waals surface area contributed by atoms with Gasteiger partial charge in [0.25, 0.3) is 5.91 Å². The van der Waals surface area contributed by atoms with Crippen LogP contribution in [0.2, 0.25) is 0 Å². The Morgan fingerprint density at radius 2 is 1.87 bits per heavy atom. The maximum absolute atomic E-state index is 14.5. The minimum absolute atomic E-state index is 0.0329. The van der Waals surface area contributed by atoms with Gasteiger partial charge in [-0.25, -0.2) is 14.2 Å². The Kier molecular flexibility index (Phi) is 7.69. The first-order chi connectivity index (χ1) is 22.5. The summed E-state index contributed by atoms with van der Waals surface area (Å²) in [6.45, 7) is -0.140. The van der Waals surface area contributed by atoms with E-state index in [1.54, 1.807) is 23.7 Å². The Bertz CT molecular complexity index is 1890.